The fourth-order valence-corrected chi connectivity index (χ4v) is 8.19. The summed E-state index contributed by atoms with van der Waals surface area (Å²) in [6, 6.07) is 9.05. The summed E-state index contributed by atoms with van der Waals surface area (Å²) >= 11 is 0. The van der Waals surface area contributed by atoms with Crippen LogP contribution < -0.4 is 0 Å². The van der Waals surface area contributed by atoms with Crippen LogP contribution in [0.4, 0.5) is 0 Å². The van der Waals surface area contributed by atoms with Crippen molar-refractivity contribution in [1.82, 2.24) is 4.98 Å². The van der Waals surface area contributed by atoms with Gasteiger partial charge >= 0.3 is 0 Å². The predicted molar refractivity (Wildman–Crippen MR) is 136 cm³/mol. The van der Waals surface area contributed by atoms with Gasteiger partial charge in [-0.15, -0.1) is 0 Å². The molecule has 1 aromatic heterocycles. The number of quaternary nitrogens is 1. The van der Waals surface area contributed by atoms with Crippen LogP contribution in [0.25, 0.3) is 16.3 Å². The summed E-state index contributed by atoms with van der Waals surface area (Å²) in [7, 11) is 3.61. The molecule has 4 nitrogen and oxygen atoms in total. The molecule has 5 aliphatic rings. The number of pyridine rings is 1. The Hall–Kier alpha value is -2.27. The van der Waals surface area contributed by atoms with E-state index in [9.17, 15) is 5.21 Å². The molecule has 4 heteroatoms. The van der Waals surface area contributed by atoms with Crippen molar-refractivity contribution in [2.24, 2.45) is 11.3 Å². The first-order chi connectivity index (χ1) is 16.2. The number of fused-ring (bicyclic) bond motifs is 2. The topological polar surface area (TPSA) is 45.2 Å². The zero-order valence-electron chi connectivity index (χ0n) is 20.5. The minimum Gasteiger partial charge on any atom is -0.633 e. The predicted octanol–water partition coefficient (Wildman–Crippen LogP) is 6.33. The summed E-state index contributed by atoms with van der Waals surface area (Å²) in [4.78, 5) is 4.28. The van der Waals surface area contributed by atoms with Crippen molar-refractivity contribution in [3.8, 4) is 0 Å². The monoisotopic (exact) mass is 454 g/mol. The fraction of sp³-hybridized carbons (Fsp3) is 0.500. The van der Waals surface area contributed by atoms with Crippen LogP contribution in [0.5, 0.6) is 0 Å². The third-order valence-corrected chi connectivity index (χ3v) is 10.1. The van der Waals surface area contributed by atoms with E-state index in [2.05, 4.69) is 54.4 Å². The van der Waals surface area contributed by atoms with E-state index in [1.807, 2.05) is 12.4 Å². The highest BCUT2D eigenvalue weighted by Gasteiger charge is 2.65. The van der Waals surface area contributed by atoms with Gasteiger partial charge in [0, 0.05) is 42.0 Å². The molecule has 2 fully saturated rings. The van der Waals surface area contributed by atoms with Crippen LogP contribution in [0.1, 0.15) is 57.4 Å². The minimum atomic E-state index is -0.225. The number of nitrogens with zero attached hydrogens (tertiary/aromatic N) is 2. The first-order valence-electron chi connectivity index (χ1n) is 12.9. The molecule has 0 N–H and O–H groups in total. The van der Waals surface area contributed by atoms with Crippen molar-refractivity contribution >= 4 is 16.3 Å². The van der Waals surface area contributed by atoms with E-state index in [-0.39, 0.29) is 27.3 Å². The molecule has 2 bridgehead atoms. The van der Waals surface area contributed by atoms with E-state index in [4.69, 9.17) is 4.74 Å². The quantitative estimate of drug-likeness (QED) is 0.393. The molecule has 2 spiro atoms. The second kappa shape index (κ2) is 6.69. The van der Waals surface area contributed by atoms with Crippen molar-refractivity contribution in [2.45, 2.75) is 69.1 Å². The van der Waals surface area contributed by atoms with Gasteiger partial charge in [-0.1, -0.05) is 37.3 Å². The minimum absolute atomic E-state index is 0.0585. The Bertz CT molecular complexity index is 1300. The highest BCUT2D eigenvalue weighted by molar-refractivity contribution is 5.87. The van der Waals surface area contributed by atoms with Crippen molar-refractivity contribution < 1.29 is 9.38 Å². The normalized spacial score (nSPS) is 38.5. The third kappa shape index (κ3) is 2.68. The summed E-state index contributed by atoms with van der Waals surface area (Å²) in [5, 5.41) is 15.3. The average molecular weight is 455 g/mol. The number of ether oxygens (including phenoxy) is 1. The van der Waals surface area contributed by atoms with Gasteiger partial charge in [-0.05, 0) is 71.9 Å². The summed E-state index contributed by atoms with van der Waals surface area (Å²) in [5.41, 5.74) is 5.30. The lowest BCUT2D eigenvalue weighted by Gasteiger charge is -2.55. The second-order valence-corrected chi connectivity index (χ2v) is 12.1. The molecule has 2 aliphatic heterocycles. The van der Waals surface area contributed by atoms with E-state index in [1.54, 1.807) is 14.1 Å². The van der Waals surface area contributed by atoms with Gasteiger partial charge < -0.3 is 14.6 Å². The molecule has 0 unspecified atom stereocenters. The van der Waals surface area contributed by atoms with E-state index in [1.165, 1.54) is 33.1 Å². The molecule has 5 atom stereocenters. The summed E-state index contributed by atoms with van der Waals surface area (Å²) in [5.74, 6) is 0.440. The Morgan fingerprint density at radius 3 is 2.85 bits per heavy atom. The van der Waals surface area contributed by atoms with E-state index >= 15 is 0 Å². The van der Waals surface area contributed by atoms with E-state index in [0.29, 0.717) is 5.92 Å². The number of aromatic nitrogens is 1. The molecule has 176 valence electrons. The van der Waals surface area contributed by atoms with Crippen LogP contribution in [-0.2, 0) is 4.74 Å². The third-order valence-electron chi connectivity index (χ3n) is 10.1. The van der Waals surface area contributed by atoms with Crippen LogP contribution in [0.15, 0.2) is 66.0 Å². The van der Waals surface area contributed by atoms with Crippen molar-refractivity contribution in [1.29, 1.82) is 0 Å². The Kier molecular flexibility index (Phi) is 4.14. The highest BCUT2D eigenvalue weighted by atomic mass is 16.5. The number of hydrogen-bond acceptors (Lipinski definition) is 3. The highest BCUT2D eigenvalue weighted by Crippen LogP contribution is 2.67. The standard InChI is InChI=1S/C30H34N2O2/c1-28-12-10-24-17-23-6-7-25(32(2,3)33)18-29(23)13-14-30(24,34-29)27(28)9-8-26(28)21-4-5-22-19-31-15-11-20(22)16-21/h4-5,8,10-11,15-17,19,25,27H,6-7,9,12-14,18H2,1-3H3/t25-,27+,28+,29+,30+/m0/s1. The van der Waals surface area contributed by atoms with Crippen molar-refractivity contribution in [3.05, 3.63) is 76.8 Å². The zero-order valence-corrected chi connectivity index (χ0v) is 20.5. The van der Waals surface area contributed by atoms with Crippen LogP contribution >= 0.6 is 0 Å². The summed E-state index contributed by atoms with van der Waals surface area (Å²) in [6.45, 7) is 2.46. The molecule has 3 heterocycles. The first-order valence-corrected chi connectivity index (χ1v) is 12.9. The lowest BCUT2D eigenvalue weighted by atomic mass is 9.58. The number of rotatable bonds is 2. The van der Waals surface area contributed by atoms with Crippen molar-refractivity contribution in [2.75, 3.05) is 14.1 Å². The number of hydrogen-bond donors (Lipinski definition) is 0. The smallest absolute Gasteiger partial charge is 0.0980 e. The molecule has 0 amide bonds. The molecule has 34 heavy (non-hydrogen) atoms. The molecule has 0 radical (unpaired) electrons. The van der Waals surface area contributed by atoms with Gasteiger partial charge in [0.2, 0.25) is 0 Å². The molecule has 7 rings (SSSR count). The summed E-state index contributed by atoms with van der Waals surface area (Å²) in [6.07, 6.45) is 18.4. The fourth-order valence-electron chi connectivity index (χ4n) is 8.19. The number of benzene rings is 1. The van der Waals surface area contributed by atoms with Crippen molar-refractivity contribution in [3.63, 3.8) is 0 Å². The van der Waals surface area contributed by atoms with Gasteiger partial charge in [-0.25, -0.2) is 0 Å². The number of allylic oxidation sites excluding steroid dienone is 3. The molecule has 1 aromatic carbocycles. The molecule has 1 saturated heterocycles. The van der Waals surface area contributed by atoms with Gasteiger partial charge in [-0.3, -0.25) is 4.98 Å². The maximum absolute atomic E-state index is 12.9. The van der Waals surface area contributed by atoms with Gasteiger partial charge in [0.25, 0.3) is 0 Å². The molecular formula is C30H34N2O2. The number of hydroxylamine groups is 3. The van der Waals surface area contributed by atoms with Gasteiger partial charge in [0.1, 0.15) is 0 Å². The largest absolute Gasteiger partial charge is 0.633 e. The van der Waals surface area contributed by atoms with Gasteiger partial charge in [0.15, 0.2) is 0 Å². The first kappa shape index (κ1) is 21.0. The molecular weight excluding hydrogens is 420 g/mol. The lowest BCUT2D eigenvalue weighted by Crippen LogP contribution is -2.56. The lowest BCUT2D eigenvalue weighted by molar-refractivity contribution is -0.869. The van der Waals surface area contributed by atoms with Crippen LogP contribution in [0, 0.1) is 16.5 Å². The Morgan fingerprint density at radius 1 is 1.12 bits per heavy atom. The van der Waals surface area contributed by atoms with Gasteiger partial charge in [0.05, 0.1) is 31.3 Å². The van der Waals surface area contributed by atoms with E-state index < -0.39 is 0 Å². The summed E-state index contributed by atoms with van der Waals surface area (Å²) < 4.78 is 7.10. The van der Waals surface area contributed by atoms with Crippen LogP contribution in [0.2, 0.25) is 0 Å². The Morgan fingerprint density at radius 2 is 2.00 bits per heavy atom. The molecule has 2 aromatic rings. The maximum atomic E-state index is 12.9. The van der Waals surface area contributed by atoms with Crippen LogP contribution in [-0.4, -0.2) is 41.0 Å². The van der Waals surface area contributed by atoms with Crippen LogP contribution in [0.3, 0.4) is 0 Å². The average Bonchev–Trinajstić information content (AvgIpc) is 3.33. The zero-order chi connectivity index (χ0) is 23.3. The molecule has 1 saturated carbocycles. The van der Waals surface area contributed by atoms with E-state index in [0.717, 1.165) is 44.9 Å². The maximum Gasteiger partial charge on any atom is 0.0980 e. The second-order valence-electron chi connectivity index (χ2n) is 12.1. The Balaban J connectivity index is 1.27. The van der Waals surface area contributed by atoms with Gasteiger partial charge in [-0.2, -0.15) is 0 Å². The SMILES string of the molecule is C[C@]12CC=C3C=C4CC[C@H]([N+](C)(C)[O-])C[C@]45CC[C@]3(O5)[C@@H]1CC=C2c1ccc2cnccc2c1. The Labute approximate surface area is 202 Å². The molecule has 3 aliphatic carbocycles.